The van der Waals surface area contributed by atoms with Gasteiger partial charge in [0.2, 0.25) is 0 Å². The second-order valence-corrected chi connectivity index (χ2v) is 6.26. The summed E-state index contributed by atoms with van der Waals surface area (Å²) in [5.74, 6) is 0. The normalized spacial score (nSPS) is 20.6. The van der Waals surface area contributed by atoms with Crippen LogP contribution in [0.4, 0.5) is 0 Å². The monoisotopic (exact) mass is 289 g/mol. The number of hydrogen-bond acceptors (Lipinski definition) is 2. The molecule has 0 bridgehead atoms. The van der Waals surface area contributed by atoms with Crippen molar-refractivity contribution >= 4 is 17.3 Å². The quantitative estimate of drug-likeness (QED) is 0.832. The minimum absolute atomic E-state index is 0.542. The van der Waals surface area contributed by atoms with E-state index in [0.29, 0.717) is 6.04 Å². The zero-order valence-electron chi connectivity index (χ0n) is 11.8. The molecular weight excluding hydrogens is 266 g/mol. The Kier molecular flexibility index (Phi) is 4.53. The summed E-state index contributed by atoms with van der Waals surface area (Å²) >= 11 is 5.39. The standard InChI is InChI=1S/C16H23N3S/c20-16(17-12-13-4-2-1-3-5-13)18-14-8-10-19(11-9-14)15-6-7-15/h1-5,14-15H,6-12H2,(H2,17,18,20). The lowest BCUT2D eigenvalue weighted by atomic mass is 10.1. The SMILES string of the molecule is S=C(NCc1ccccc1)NC1CCN(C2CC2)CC1. The highest BCUT2D eigenvalue weighted by Gasteiger charge is 2.31. The molecule has 1 heterocycles. The summed E-state index contributed by atoms with van der Waals surface area (Å²) in [4.78, 5) is 2.64. The number of rotatable bonds is 4. The van der Waals surface area contributed by atoms with E-state index < -0.39 is 0 Å². The van der Waals surface area contributed by atoms with Crippen molar-refractivity contribution in [1.82, 2.24) is 15.5 Å². The van der Waals surface area contributed by atoms with Crippen LogP contribution in [0.2, 0.25) is 0 Å². The van der Waals surface area contributed by atoms with E-state index in [2.05, 4.69) is 39.8 Å². The predicted molar refractivity (Wildman–Crippen MR) is 86.6 cm³/mol. The van der Waals surface area contributed by atoms with Gasteiger partial charge < -0.3 is 15.5 Å². The van der Waals surface area contributed by atoms with E-state index >= 15 is 0 Å². The average molecular weight is 289 g/mol. The van der Waals surface area contributed by atoms with Crippen LogP contribution in [0.5, 0.6) is 0 Å². The number of nitrogens with zero attached hydrogens (tertiary/aromatic N) is 1. The second kappa shape index (κ2) is 6.55. The van der Waals surface area contributed by atoms with Crippen LogP contribution in [0.15, 0.2) is 30.3 Å². The van der Waals surface area contributed by atoms with Gasteiger partial charge in [0.1, 0.15) is 0 Å². The van der Waals surface area contributed by atoms with Gasteiger partial charge in [-0.15, -0.1) is 0 Å². The Morgan fingerprint density at radius 2 is 1.80 bits per heavy atom. The zero-order valence-corrected chi connectivity index (χ0v) is 12.7. The Morgan fingerprint density at radius 1 is 1.10 bits per heavy atom. The van der Waals surface area contributed by atoms with Gasteiger partial charge in [-0.2, -0.15) is 0 Å². The van der Waals surface area contributed by atoms with Gasteiger partial charge in [0.25, 0.3) is 0 Å². The molecule has 1 aliphatic carbocycles. The number of likely N-dealkylation sites (tertiary alicyclic amines) is 1. The Morgan fingerprint density at radius 3 is 2.45 bits per heavy atom. The van der Waals surface area contributed by atoms with E-state index in [9.17, 15) is 0 Å². The predicted octanol–water partition coefficient (Wildman–Crippen LogP) is 2.28. The fraction of sp³-hybridized carbons (Fsp3) is 0.562. The minimum Gasteiger partial charge on any atom is -0.360 e. The number of nitrogens with one attached hydrogen (secondary N) is 2. The second-order valence-electron chi connectivity index (χ2n) is 5.85. The third-order valence-electron chi connectivity index (χ3n) is 4.22. The van der Waals surface area contributed by atoms with E-state index in [1.807, 2.05) is 6.07 Å². The molecule has 0 atom stereocenters. The molecule has 1 saturated heterocycles. The highest BCUT2D eigenvalue weighted by molar-refractivity contribution is 7.80. The van der Waals surface area contributed by atoms with Crippen molar-refractivity contribution in [2.75, 3.05) is 13.1 Å². The van der Waals surface area contributed by atoms with Crippen LogP contribution in [0.1, 0.15) is 31.2 Å². The Hall–Kier alpha value is -1.13. The third-order valence-corrected chi connectivity index (χ3v) is 4.49. The molecule has 1 aromatic rings. The number of piperidine rings is 1. The molecule has 0 amide bonds. The number of thiocarbonyl (C=S) groups is 1. The molecular formula is C16H23N3S. The third kappa shape index (κ3) is 3.93. The minimum atomic E-state index is 0.542. The molecule has 0 radical (unpaired) electrons. The molecule has 0 spiro atoms. The highest BCUT2D eigenvalue weighted by Crippen LogP contribution is 2.29. The van der Waals surface area contributed by atoms with Crippen molar-refractivity contribution in [2.24, 2.45) is 0 Å². The van der Waals surface area contributed by atoms with E-state index in [0.717, 1.165) is 17.7 Å². The van der Waals surface area contributed by atoms with E-state index in [-0.39, 0.29) is 0 Å². The van der Waals surface area contributed by atoms with Crippen molar-refractivity contribution in [3.05, 3.63) is 35.9 Å². The van der Waals surface area contributed by atoms with Crippen molar-refractivity contribution in [2.45, 2.75) is 44.3 Å². The van der Waals surface area contributed by atoms with Crippen LogP contribution < -0.4 is 10.6 Å². The van der Waals surface area contributed by atoms with Gasteiger partial charge in [-0.3, -0.25) is 0 Å². The van der Waals surface area contributed by atoms with Gasteiger partial charge in [0.15, 0.2) is 5.11 Å². The molecule has 20 heavy (non-hydrogen) atoms. The smallest absolute Gasteiger partial charge is 0.166 e. The van der Waals surface area contributed by atoms with Crippen molar-refractivity contribution in [3.63, 3.8) is 0 Å². The molecule has 0 unspecified atom stereocenters. The van der Waals surface area contributed by atoms with Gasteiger partial charge in [-0.25, -0.2) is 0 Å². The molecule has 4 heteroatoms. The summed E-state index contributed by atoms with van der Waals surface area (Å²) in [6.45, 7) is 3.25. The van der Waals surface area contributed by atoms with Gasteiger partial charge >= 0.3 is 0 Å². The molecule has 2 fully saturated rings. The molecule has 1 aromatic carbocycles. The maximum absolute atomic E-state index is 5.39. The molecule has 2 aliphatic rings. The van der Waals surface area contributed by atoms with Crippen LogP contribution in [0, 0.1) is 0 Å². The van der Waals surface area contributed by atoms with E-state index in [1.54, 1.807) is 0 Å². The summed E-state index contributed by atoms with van der Waals surface area (Å²) in [7, 11) is 0. The van der Waals surface area contributed by atoms with Gasteiger partial charge in [-0.05, 0) is 43.5 Å². The summed E-state index contributed by atoms with van der Waals surface area (Å²) in [5.41, 5.74) is 1.26. The van der Waals surface area contributed by atoms with Gasteiger partial charge in [-0.1, -0.05) is 30.3 Å². The first-order chi connectivity index (χ1) is 9.81. The van der Waals surface area contributed by atoms with Crippen molar-refractivity contribution in [3.8, 4) is 0 Å². The Bertz CT molecular complexity index is 436. The first kappa shape index (κ1) is 13.8. The van der Waals surface area contributed by atoms with Crippen LogP contribution in [-0.4, -0.2) is 35.2 Å². The fourth-order valence-corrected chi connectivity index (χ4v) is 3.10. The molecule has 3 nitrogen and oxygen atoms in total. The lowest BCUT2D eigenvalue weighted by molar-refractivity contribution is 0.197. The number of benzene rings is 1. The Balaban J connectivity index is 1.36. The van der Waals surface area contributed by atoms with Crippen LogP contribution in [0.3, 0.4) is 0 Å². The lowest BCUT2D eigenvalue weighted by Gasteiger charge is -2.33. The summed E-state index contributed by atoms with van der Waals surface area (Å²) in [6.07, 6.45) is 5.25. The lowest BCUT2D eigenvalue weighted by Crippen LogP contribution is -2.48. The van der Waals surface area contributed by atoms with Gasteiger partial charge in [0, 0.05) is 31.7 Å². The van der Waals surface area contributed by atoms with E-state index in [4.69, 9.17) is 12.2 Å². The van der Waals surface area contributed by atoms with Crippen molar-refractivity contribution in [1.29, 1.82) is 0 Å². The topological polar surface area (TPSA) is 27.3 Å². The summed E-state index contributed by atoms with van der Waals surface area (Å²) in [5, 5.41) is 7.55. The van der Waals surface area contributed by atoms with Gasteiger partial charge in [0.05, 0.1) is 0 Å². The Labute approximate surface area is 126 Å². The first-order valence-corrected chi connectivity index (χ1v) is 8.04. The summed E-state index contributed by atoms with van der Waals surface area (Å²) in [6, 6.07) is 11.8. The molecule has 1 saturated carbocycles. The first-order valence-electron chi connectivity index (χ1n) is 7.63. The van der Waals surface area contributed by atoms with Crippen LogP contribution >= 0.6 is 12.2 Å². The molecule has 1 aliphatic heterocycles. The summed E-state index contributed by atoms with van der Waals surface area (Å²) < 4.78 is 0. The van der Waals surface area contributed by atoms with Crippen LogP contribution in [-0.2, 0) is 6.54 Å². The zero-order chi connectivity index (χ0) is 13.8. The average Bonchev–Trinajstić information content (AvgIpc) is 3.32. The maximum Gasteiger partial charge on any atom is 0.166 e. The molecule has 3 rings (SSSR count). The fourth-order valence-electron chi connectivity index (χ4n) is 2.86. The molecule has 0 aromatic heterocycles. The van der Waals surface area contributed by atoms with Crippen LogP contribution in [0.25, 0.3) is 0 Å². The largest absolute Gasteiger partial charge is 0.360 e. The highest BCUT2D eigenvalue weighted by atomic mass is 32.1. The van der Waals surface area contributed by atoms with Crippen molar-refractivity contribution < 1.29 is 0 Å². The molecule has 2 N–H and O–H groups in total. The maximum atomic E-state index is 5.39. The number of hydrogen-bond donors (Lipinski definition) is 2. The van der Waals surface area contributed by atoms with E-state index in [1.165, 1.54) is 44.3 Å². The molecule has 108 valence electrons.